The molecule has 3 rings (SSSR count). The van der Waals surface area contributed by atoms with Crippen molar-refractivity contribution in [1.82, 2.24) is 0 Å². The molecule has 5 N–H and O–H groups in total. The molecule has 1 fully saturated rings. The van der Waals surface area contributed by atoms with Crippen molar-refractivity contribution in [3.05, 3.63) is 17.2 Å². The van der Waals surface area contributed by atoms with Gasteiger partial charge in [-0.15, -0.1) is 0 Å². The molecule has 1 aromatic carbocycles. The molecule has 1 aromatic rings. The highest BCUT2D eigenvalue weighted by Gasteiger charge is 2.60. The lowest BCUT2D eigenvalue weighted by atomic mass is 9.97. The minimum absolute atomic E-state index is 0.0881. The Morgan fingerprint density at radius 3 is 2.59 bits per heavy atom. The van der Waals surface area contributed by atoms with Gasteiger partial charge in [-0.1, -0.05) is 0 Å². The molecule has 120 valence electrons. The van der Waals surface area contributed by atoms with Gasteiger partial charge in [-0.3, -0.25) is 4.79 Å². The van der Waals surface area contributed by atoms with Crippen molar-refractivity contribution >= 4 is 5.78 Å². The van der Waals surface area contributed by atoms with Crippen LogP contribution in [0.5, 0.6) is 17.2 Å². The molecule has 2 aliphatic heterocycles. The lowest BCUT2D eigenvalue weighted by molar-refractivity contribution is -0.200. The minimum Gasteiger partial charge on any atom is -0.507 e. The molecule has 1 spiro atoms. The van der Waals surface area contributed by atoms with Crippen LogP contribution < -0.4 is 4.74 Å². The van der Waals surface area contributed by atoms with Crippen LogP contribution in [0.15, 0.2) is 6.07 Å². The Labute approximate surface area is 125 Å². The summed E-state index contributed by atoms with van der Waals surface area (Å²) in [5.74, 6) is -3.06. The van der Waals surface area contributed by atoms with Gasteiger partial charge in [0, 0.05) is 18.1 Å². The fourth-order valence-electron chi connectivity index (χ4n) is 2.99. The second-order valence-electron chi connectivity index (χ2n) is 5.52. The van der Waals surface area contributed by atoms with Crippen LogP contribution in [-0.4, -0.2) is 62.0 Å². The average molecular weight is 312 g/mol. The predicted molar refractivity (Wildman–Crippen MR) is 70.8 cm³/mol. The zero-order chi connectivity index (χ0) is 16.2. The number of aromatic hydroxyl groups is 2. The van der Waals surface area contributed by atoms with Crippen molar-refractivity contribution in [3.63, 3.8) is 0 Å². The Bertz CT molecular complexity index is 642. The van der Waals surface area contributed by atoms with E-state index in [0.717, 1.165) is 6.07 Å². The average Bonchev–Trinajstić information content (AvgIpc) is 2.93. The number of phenolic OH excluding ortho intramolecular Hbond substituents is 2. The fourth-order valence-corrected chi connectivity index (χ4v) is 2.99. The summed E-state index contributed by atoms with van der Waals surface area (Å²) in [4.78, 5) is 11.7. The van der Waals surface area contributed by atoms with Gasteiger partial charge in [0.25, 0.3) is 0 Å². The third-order valence-corrected chi connectivity index (χ3v) is 4.08. The standard InChI is InChI=1S/C14H16O8/c1-5(16)10-8(18)2-7(17)6-3-14(22-12(6)10)13(20)11(19)9(4-15)21-14/h2,9,11,13,15,17-20H,3-4H2,1H3/t9-,11-,13+,14+/m1/s1. The van der Waals surface area contributed by atoms with Crippen LogP contribution in [0.25, 0.3) is 0 Å². The van der Waals surface area contributed by atoms with E-state index in [0.29, 0.717) is 0 Å². The van der Waals surface area contributed by atoms with Crippen LogP contribution in [-0.2, 0) is 11.2 Å². The van der Waals surface area contributed by atoms with E-state index in [9.17, 15) is 25.2 Å². The van der Waals surface area contributed by atoms with Gasteiger partial charge in [-0.25, -0.2) is 0 Å². The molecule has 0 amide bonds. The van der Waals surface area contributed by atoms with Crippen molar-refractivity contribution in [1.29, 1.82) is 0 Å². The molecule has 22 heavy (non-hydrogen) atoms. The van der Waals surface area contributed by atoms with E-state index >= 15 is 0 Å². The number of hydrogen-bond acceptors (Lipinski definition) is 8. The third kappa shape index (κ3) is 1.88. The van der Waals surface area contributed by atoms with Crippen LogP contribution in [0.4, 0.5) is 0 Å². The largest absolute Gasteiger partial charge is 0.507 e. The van der Waals surface area contributed by atoms with Crippen LogP contribution >= 0.6 is 0 Å². The van der Waals surface area contributed by atoms with Crippen molar-refractivity contribution in [2.75, 3.05) is 6.61 Å². The van der Waals surface area contributed by atoms with Gasteiger partial charge in [0.15, 0.2) is 5.78 Å². The summed E-state index contributed by atoms with van der Waals surface area (Å²) >= 11 is 0. The zero-order valence-corrected chi connectivity index (χ0v) is 11.7. The number of ketones is 1. The van der Waals surface area contributed by atoms with Crippen molar-refractivity contribution in [2.45, 2.75) is 37.4 Å². The summed E-state index contributed by atoms with van der Waals surface area (Å²) in [5.41, 5.74) is 0.0512. The maximum Gasteiger partial charge on any atom is 0.244 e. The first-order valence-electron chi connectivity index (χ1n) is 6.73. The SMILES string of the molecule is CC(=O)c1c(O)cc(O)c2c1O[C@]1(C2)O[C@H](CO)[C@@H](O)[C@@H]1O. The van der Waals surface area contributed by atoms with Gasteiger partial charge in [0.2, 0.25) is 5.79 Å². The maximum absolute atomic E-state index is 11.7. The molecule has 2 aliphatic rings. The normalized spacial score (nSPS) is 33.0. The molecule has 0 radical (unpaired) electrons. The Kier molecular flexibility index (Phi) is 3.29. The first kappa shape index (κ1) is 15.0. The van der Waals surface area contributed by atoms with E-state index < -0.39 is 42.2 Å². The zero-order valence-electron chi connectivity index (χ0n) is 11.7. The van der Waals surface area contributed by atoms with E-state index in [-0.39, 0.29) is 29.0 Å². The molecule has 0 saturated carbocycles. The molecule has 0 bridgehead atoms. The lowest BCUT2D eigenvalue weighted by Crippen LogP contribution is -2.47. The number of hydrogen-bond donors (Lipinski definition) is 5. The summed E-state index contributed by atoms with van der Waals surface area (Å²) in [5, 5.41) is 49.0. The fraction of sp³-hybridized carbons (Fsp3) is 0.500. The maximum atomic E-state index is 11.7. The quantitative estimate of drug-likeness (QED) is 0.441. The molecule has 0 aliphatic carbocycles. The van der Waals surface area contributed by atoms with Gasteiger partial charge in [-0.2, -0.15) is 0 Å². The Morgan fingerprint density at radius 1 is 1.36 bits per heavy atom. The van der Waals surface area contributed by atoms with Crippen molar-refractivity contribution in [3.8, 4) is 17.2 Å². The van der Waals surface area contributed by atoms with Gasteiger partial charge in [0.05, 0.1) is 6.61 Å². The summed E-state index contributed by atoms with van der Waals surface area (Å²) in [6, 6.07) is 1.01. The van der Waals surface area contributed by atoms with Crippen LogP contribution in [0, 0.1) is 0 Å². The molecule has 8 heteroatoms. The number of carbonyl (C=O) groups excluding carboxylic acids is 1. The van der Waals surface area contributed by atoms with Gasteiger partial charge in [-0.05, 0) is 6.92 Å². The monoisotopic (exact) mass is 312 g/mol. The van der Waals surface area contributed by atoms with E-state index in [1.165, 1.54) is 6.92 Å². The van der Waals surface area contributed by atoms with E-state index in [1.54, 1.807) is 0 Å². The number of fused-ring (bicyclic) bond motifs is 1. The van der Waals surface area contributed by atoms with Gasteiger partial charge >= 0.3 is 0 Å². The Hall–Kier alpha value is -1.87. The van der Waals surface area contributed by atoms with E-state index in [4.69, 9.17) is 14.6 Å². The first-order chi connectivity index (χ1) is 10.3. The number of ether oxygens (including phenoxy) is 2. The third-order valence-electron chi connectivity index (χ3n) is 4.08. The highest BCUT2D eigenvalue weighted by molar-refractivity contribution is 6.00. The van der Waals surface area contributed by atoms with Gasteiger partial charge < -0.3 is 35.0 Å². The molecular formula is C14H16O8. The lowest BCUT2D eigenvalue weighted by Gasteiger charge is -2.26. The molecule has 0 unspecified atom stereocenters. The number of Topliss-reactive ketones (excluding diaryl/α,β-unsaturated/α-hetero) is 1. The number of aliphatic hydroxyl groups is 3. The van der Waals surface area contributed by atoms with Crippen molar-refractivity contribution in [2.24, 2.45) is 0 Å². The Balaban J connectivity index is 2.08. The predicted octanol–water partition coefficient (Wildman–Crippen LogP) is -0.956. The molecule has 8 nitrogen and oxygen atoms in total. The smallest absolute Gasteiger partial charge is 0.244 e. The van der Waals surface area contributed by atoms with E-state index in [1.807, 2.05) is 0 Å². The summed E-state index contributed by atoms with van der Waals surface area (Å²) in [6.45, 7) is 0.689. The number of rotatable bonds is 2. The van der Waals surface area contributed by atoms with Crippen LogP contribution in [0.3, 0.4) is 0 Å². The summed E-state index contributed by atoms with van der Waals surface area (Å²) < 4.78 is 11.0. The number of benzene rings is 1. The summed E-state index contributed by atoms with van der Waals surface area (Å²) in [7, 11) is 0. The minimum atomic E-state index is -1.72. The van der Waals surface area contributed by atoms with Crippen molar-refractivity contribution < 1.29 is 39.8 Å². The molecule has 4 atom stereocenters. The summed E-state index contributed by atoms with van der Waals surface area (Å²) in [6.07, 6.45) is -4.06. The second kappa shape index (κ2) is 4.82. The molecular weight excluding hydrogens is 296 g/mol. The molecule has 2 heterocycles. The van der Waals surface area contributed by atoms with Crippen LogP contribution in [0.2, 0.25) is 0 Å². The van der Waals surface area contributed by atoms with Gasteiger partial charge in [0.1, 0.15) is 41.1 Å². The van der Waals surface area contributed by atoms with Crippen LogP contribution in [0.1, 0.15) is 22.8 Å². The first-order valence-corrected chi connectivity index (χ1v) is 6.73. The number of aliphatic hydroxyl groups excluding tert-OH is 3. The Morgan fingerprint density at radius 2 is 2.05 bits per heavy atom. The highest BCUT2D eigenvalue weighted by atomic mass is 16.7. The highest BCUT2D eigenvalue weighted by Crippen LogP contribution is 2.50. The number of phenols is 2. The topological polar surface area (TPSA) is 137 Å². The van der Waals surface area contributed by atoms with E-state index in [2.05, 4.69) is 0 Å². The second-order valence-corrected chi connectivity index (χ2v) is 5.52. The molecule has 1 saturated heterocycles. The number of carbonyl (C=O) groups is 1. The molecule has 0 aromatic heterocycles.